The van der Waals surface area contributed by atoms with Gasteiger partial charge in [0.05, 0.1) is 0 Å². The first kappa shape index (κ1) is 111. The number of rotatable bonds is 3. The minimum Gasteiger partial charge on any atom is -0.870 e. The van der Waals surface area contributed by atoms with Gasteiger partial charge in [0.25, 0.3) is 0 Å². The zero-order chi connectivity index (χ0) is 37.6. The minimum absolute atomic E-state index is 0. The molecule has 4 N–H and O–H groups in total. The third-order valence-corrected chi connectivity index (χ3v) is 1.02. The van der Waals surface area contributed by atoms with Crippen molar-refractivity contribution in [3.63, 3.8) is 0 Å². The van der Waals surface area contributed by atoms with Crippen LogP contribution in [-0.2, 0) is 61.3 Å². The van der Waals surface area contributed by atoms with Crippen LogP contribution in [0.3, 0.4) is 0 Å². The Hall–Kier alpha value is -0.166. The first-order valence-corrected chi connectivity index (χ1v) is 15.1. The summed E-state index contributed by atoms with van der Waals surface area (Å²) in [5, 5.41) is 24.4. The molecule has 0 aliphatic heterocycles. The van der Waals surface area contributed by atoms with Crippen molar-refractivity contribution in [3.05, 3.63) is 0 Å². The van der Waals surface area contributed by atoms with Crippen LogP contribution in [0.1, 0.15) is 174 Å². The summed E-state index contributed by atoms with van der Waals surface area (Å²) in [6.45, 7) is 41.8. The number of methoxy groups -OCH3 is 3. The first-order valence-electron chi connectivity index (χ1n) is 15.1. The van der Waals surface area contributed by atoms with Crippen molar-refractivity contribution in [2.45, 2.75) is 193 Å². The van der Waals surface area contributed by atoms with Gasteiger partial charge < -0.3 is 49.4 Å². The number of carbonyl (C=O) groups excluding carboxylic acids is 3. The van der Waals surface area contributed by atoms with Crippen LogP contribution in [0.4, 0.5) is 0 Å². The van der Waals surface area contributed by atoms with E-state index in [0.717, 1.165) is 0 Å². The van der Waals surface area contributed by atoms with E-state index in [9.17, 15) is 14.4 Å². The molecule has 0 aliphatic carbocycles. The van der Waals surface area contributed by atoms with Crippen LogP contribution >= 0.6 is 0 Å². The van der Waals surface area contributed by atoms with Crippen molar-refractivity contribution in [3.8, 4) is 0 Å². The van der Waals surface area contributed by atoms with E-state index < -0.39 is 18.9 Å². The van der Waals surface area contributed by atoms with Gasteiger partial charge in [-0.25, -0.2) is 0 Å². The SMILES string of the molecule is C.C.CC.CC.CC.CC.CC.CC.CC.CC(C)=O.CC(C)=O.CC(C)=O.COC(C)O.COC(C)O.COC(C)O.[OH-].[Y]. The Morgan fingerprint density at radius 1 is 0.400 bits per heavy atom. The van der Waals surface area contributed by atoms with Crippen LogP contribution in [-0.4, -0.2) is 78.3 Å². The smallest absolute Gasteiger partial charge is 0.151 e. The maximum absolute atomic E-state index is 9.44. The van der Waals surface area contributed by atoms with E-state index in [2.05, 4.69) is 14.2 Å². The monoisotopic (exact) mass is 751 g/mol. The number of ketones is 3. The van der Waals surface area contributed by atoms with Gasteiger partial charge in [-0.2, -0.15) is 0 Å². The second kappa shape index (κ2) is 185. The van der Waals surface area contributed by atoms with Crippen LogP contribution in [0, 0.1) is 0 Å². The molecule has 0 aliphatic rings. The Morgan fingerprint density at radius 2 is 0.422 bits per heavy atom. The van der Waals surface area contributed by atoms with E-state index in [4.69, 9.17) is 15.3 Å². The molecule has 0 aromatic carbocycles. The Balaban J connectivity index is -0.0000000127. The van der Waals surface area contributed by atoms with Gasteiger partial charge in [0.15, 0.2) is 18.9 Å². The molecule has 293 valence electrons. The van der Waals surface area contributed by atoms with Crippen LogP contribution in [0.2, 0.25) is 0 Å². The molecule has 11 heteroatoms. The number of Topliss-reactive ketones (excluding diaryl/α,β-unsaturated/α-hetero) is 3. The Morgan fingerprint density at radius 3 is 0.422 bits per heavy atom. The van der Waals surface area contributed by atoms with Crippen LogP contribution < -0.4 is 0 Å². The third-order valence-electron chi connectivity index (χ3n) is 1.02. The summed E-state index contributed by atoms with van der Waals surface area (Å²) in [5.41, 5.74) is 0. The van der Waals surface area contributed by atoms with E-state index in [-0.39, 0.29) is 70.4 Å². The first-order chi connectivity index (χ1) is 19.0. The quantitative estimate of drug-likeness (QED) is 0.236. The fourth-order valence-corrected chi connectivity index (χ4v) is 0. The molecule has 0 spiro atoms. The summed E-state index contributed by atoms with van der Waals surface area (Å²) in [5.74, 6) is 0.500. The zero-order valence-electron chi connectivity index (χ0n) is 34.0. The number of aliphatic hydroxyl groups is 3. The molecule has 0 saturated carbocycles. The van der Waals surface area contributed by atoms with Crippen LogP contribution in [0.25, 0.3) is 0 Å². The molecule has 0 aromatic heterocycles. The Bertz CT molecular complexity index is 258. The normalized spacial score (nSPS) is 7.67. The van der Waals surface area contributed by atoms with E-state index in [1.54, 1.807) is 20.8 Å². The maximum atomic E-state index is 9.44. The summed E-state index contributed by atoms with van der Waals surface area (Å²) in [7, 11) is 4.35. The molecule has 0 fully saturated rings. The molecule has 3 atom stereocenters. The van der Waals surface area contributed by atoms with Crippen molar-refractivity contribution in [2.24, 2.45) is 0 Å². The molecular weight excluding hydrogens is 657 g/mol. The molecule has 0 heterocycles. The molecular formula is C34H93O10Y-. The van der Waals surface area contributed by atoms with Crippen molar-refractivity contribution in [1.29, 1.82) is 0 Å². The third kappa shape index (κ3) is 2250. The predicted octanol–water partition coefficient (Wildman–Crippen LogP) is 9.98. The zero-order valence-corrected chi connectivity index (χ0v) is 36.9. The molecule has 10 nitrogen and oxygen atoms in total. The van der Waals surface area contributed by atoms with E-state index in [1.165, 1.54) is 62.9 Å². The van der Waals surface area contributed by atoms with Gasteiger partial charge in [0.2, 0.25) is 0 Å². The standard InChI is InChI=1S/3C3H8O2.3C3H6O.7C2H6.2CH4.H2O.Y/c3*1-3(4)5-2;3*1-3(2)4;7*1-2;;;;/h3*3-4H,1-2H3;3*1-2H3;7*1-2H3;2*1H4;1H2;/p-1. The average molecular weight is 751 g/mol. The summed E-state index contributed by atoms with van der Waals surface area (Å²) < 4.78 is 12.9. The fraction of sp³-hybridized carbons (Fsp3) is 0.912. The van der Waals surface area contributed by atoms with Gasteiger partial charge in [0, 0.05) is 54.0 Å². The summed E-state index contributed by atoms with van der Waals surface area (Å²) in [4.78, 5) is 28.3. The number of hydrogen-bond donors (Lipinski definition) is 3. The predicted molar refractivity (Wildman–Crippen MR) is 200 cm³/mol. The van der Waals surface area contributed by atoms with Crippen molar-refractivity contribution in [2.75, 3.05) is 21.3 Å². The molecule has 1 radical (unpaired) electrons. The summed E-state index contributed by atoms with van der Waals surface area (Å²) >= 11 is 0. The fourth-order valence-electron chi connectivity index (χ4n) is 0. The molecule has 0 bridgehead atoms. The topological polar surface area (TPSA) is 170 Å². The van der Waals surface area contributed by atoms with Crippen molar-refractivity contribution in [1.82, 2.24) is 0 Å². The average Bonchev–Trinajstić information content (AvgIpc) is 2.96. The number of hydrogen-bond acceptors (Lipinski definition) is 10. The second-order valence-corrected chi connectivity index (χ2v) is 5.23. The molecule has 3 unspecified atom stereocenters. The summed E-state index contributed by atoms with van der Waals surface area (Å²) in [6, 6.07) is 0. The van der Waals surface area contributed by atoms with E-state index in [0.29, 0.717) is 0 Å². The van der Waals surface area contributed by atoms with Gasteiger partial charge in [-0.3, -0.25) is 0 Å². The number of aliphatic hydroxyl groups excluding tert-OH is 3. The van der Waals surface area contributed by atoms with Gasteiger partial charge in [0.1, 0.15) is 17.3 Å². The van der Waals surface area contributed by atoms with Crippen LogP contribution in [0.15, 0.2) is 0 Å². The Kier molecular flexibility index (Phi) is 458. The molecule has 0 rings (SSSR count). The maximum Gasteiger partial charge on any atom is 0.151 e. The van der Waals surface area contributed by atoms with E-state index in [1.807, 2.05) is 96.9 Å². The van der Waals surface area contributed by atoms with Gasteiger partial charge in [-0.15, -0.1) is 0 Å². The van der Waals surface area contributed by atoms with Crippen molar-refractivity contribution < 1.29 is 82.1 Å². The van der Waals surface area contributed by atoms with Gasteiger partial charge in [-0.1, -0.05) is 112 Å². The minimum atomic E-state index is -0.616. The number of carbonyl (C=O) groups is 3. The van der Waals surface area contributed by atoms with E-state index >= 15 is 0 Å². The number of ether oxygens (including phenoxy) is 3. The largest absolute Gasteiger partial charge is 0.870 e. The molecule has 45 heavy (non-hydrogen) atoms. The van der Waals surface area contributed by atoms with Gasteiger partial charge >= 0.3 is 0 Å². The second-order valence-electron chi connectivity index (χ2n) is 5.23. The van der Waals surface area contributed by atoms with Crippen LogP contribution in [0.5, 0.6) is 0 Å². The summed E-state index contributed by atoms with van der Waals surface area (Å²) in [6.07, 6.45) is -1.85. The molecule has 0 amide bonds. The molecule has 0 saturated heterocycles. The molecule has 0 aromatic rings. The van der Waals surface area contributed by atoms with Crippen molar-refractivity contribution >= 4 is 17.3 Å². The Labute approximate surface area is 312 Å². The van der Waals surface area contributed by atoms with Gasteiger partial charge in [-0.05, 0) is 62.3 Å².